The van der Waals surface area contributed by atoms with Crippen molar-refractivity contribution in [3.05, 3.63) is 211 Å². The Bertz CT molecular complexity index is 3320. The number of fused-ring (bicyclic) bond motifs is 4. The van der Waals surface area contributed by atoms with Gasteiger partial charge in [0.2, 0.25) is 0 Å². The summed E-state index contributed by atoms with van der Waals surface area (Å²) in [6.45, 7) is 0. The van der Waals surface area contributed by atoms with E-state index in [0.717, 1.165) is 11.6 Å². The molecular weight excluding hydrogens is 825 g/mol. The quantitative estimate of drug-likeness (QED) is 0.159. The molecule has 60 heavy (non-hydrogen) atoms. The third-order valence-electron chi connectivity index (χ3n) is 9.83. The van der Waals surface area contributed by atoms with Gasteiger partial charge in [-0.15, -0.1) is 0 Å². The molecule has 9 rings (SSSR count). The van der Waals surface area contributed by atoms with Crippen LogP contribution in [0.15, 0.2) is 209 Å². The highest BCUT2D eigenvalue weighted by atomic mass is 32.2. The molecule has 0 saturated carbocycles. The lowest BCUT2D eigenvalue weighted by molar-refractivity contribution is 0.485. The summed E-state index contributed by atoms with van der Waals surface area (Å²) < 4.78 is 113. The van der Waals surface area contributed by atoms with Gasteiger partial charge in [-0.3, -0.25) is 13.7 Å². The van der Waals surface area contributed by atoms with Gasteiger partial charge in [-0.25, -0.2) is 20.0 Å². The first-order chi connectivity index (χ1) is 28.7. The lowest BCUT2D eigenvalue weighted by Gasteiger charge is -2.17. The maximum Gasteiger partial charge on any atom is 0.298 e. The molecule has 0 unspecified atom stereocenters. The third kappa shape index (κ3) is 6.96. The third-order valence-corrected chi connectivity index (χ3v) is 12.7. The van der Waals surface area contributed by atoms with Gasteiger partial charge >= 0.3 is 0 Å². The number of rotatable bonds is 7. The number of hydrogen-bond acceptors (Lipinski definition) is 10. The molecule has 0 radical (unpaired) electrons. The van der Waals surface area contributed by atoms with Crippen molar-refractivity contribution in [1.82, 2.24) is 0 Å². The van der Waals surface area contributed by atoms with Crippen molar-refractivity contribution in [2.24, 2.45) is 20.0 Å². The molecule has 0 amide bonds. The number of hydrogen-bond donors (Lipinski definition) is 3. The number of aliphatic imine (C=N–C) groups is 4. The van der Waals surface area contributed by atoms with Gasteiger partial charge in [0.15, 0.2) is 0 Å². The molecule has 4 aromatic carbocycles. The Morgan fingerprint density at radius 2 is 0.883 bits per heavy atom. The van der Waals surface area contributed by atoms with Crippen LogP contribution in [0.1, 0.15) is 22.3 Å². The second-order valence-corrected chi connectivity index (χ2v) is 17.8. The van der Waals surface area contributed by atoms with E-state index in [1.54, 1.807) is 84.9 Å². The lowest BCUT2D eigenvalue weighted by Crippen LogP contribution is -2.22. The van der Waals surface area contributed by atoms with E-state index in [9.17, 15) is 38.9 Å². The van der Waals surface area contributed by atoms with Crippen LogP contribution in [0.3, 0.4) is 0 Å². The van der Waals surface area contributed by atoms with Gasteiger partial charge in [0.1, 0.15) is 20.4 Å². The highest BCUT2D eigenvalue weighted by Gasteiger charge is 2.46. The Balaban J connectivity index is 1.55. The molecule has 0 aliphatic carbocycles. The van der Waals surface area contributed by atoms with Gasteiger partial charge < -0.3 is 0 Å². The van der Waals surface area contributed by atoms with Crippen LogP contribution in [0, 0.1) is 0 Å². The van der Waals surface area contributed by atoms with Crippen molar-refractivity contribution in [2.75, 3.05) is 0 Å². The molecule has 0 spiro atoms. The summed E-state index contributed by atoms with van der Waals surface area (Å²) in [4.78, 5) is 14.5. The second-order valence-electron chi connectivity index (χ2n) is 13.7. The van der Waals surface area contributed by atoms with E-state index in [0.29, 0.717) is 50.5 Å². The summed E-state index contributed by atoms with van der Waals surface area (Å²) >= 11 is 0. The molecule has 5 aliphatic heterocycles. The molecule has 0 fully saturated rings. The Kier molecular flexibility index (Phi) is 9.35. The Morgan fingerprint density at radius 1 is 0.383 bits per heavy atom. The number of allylic oxidation sites excluding steroid dienone is 11. The van der Waals surface area contributed by atoms with Crippen molar-refractivity contribution in [3.8, 4) is 0 Å². The summed E-state index contributed by atoms with van der Waals surface area (Å²) in [5.41, 5.74) is 2.44. The smallest absolute Gasteiger partial charge is 0.282 e. The summed E-state index contributed by atoms with van der Waals surface area (Å²) in [5.74, 6) is 0. The van der Waals surface area contributed by atoms with Crippen LogP contribution in [0.25, 0.3) is 22.3 Å². The monoisotopic (exact) mass is 852 g/mol. The fraction of sp³-hybridized carbons (Fsp3) is 0. The van der Waals surface area contributed by atoms with Gasteiger partial charge in [0.25, 0.3) is 30.4 Å². The van der Waals surface area contributed by atoms with Gasteiger partial charge in [-0.2, -0.15) is 25.3 Å². The Labute approximate surface area is 344 Å². The molecule has 0 aromatic heterocycles. The van der Waals surface area contributed by atoms with Gasteiger partial charge in [-0.05, 0) is 52.6 Å². The minimum absolute atomic E-state index is 0.00856. The van der Waals surface area contributed by atoms with E-state index in [4.69, 9.17) is 9.98 Å². The average Bonchev–Trinajstić information content (AvgIpc) is 4.01. The van der Waals surface area contributed by atoms with Crippen LogP contribution in [0.5, 0.6) is 0 Å². The van der Waals surface area contributed by atoms with Crippen LogP contribution >= 0.6 is 0 Å². The van der Waals surface area contributed by atoms with E-state index >= 15 is 0 Å². The molecule has 3 N–H and O–H groups in total. The minimum Gasteiger partial charge on any atom is -0.282 e. The van der Waals surface area contributed by atoms with E-state index in [1.807, 2.05) is 54.6 Å². The van der Waals surface area contributed by atoms with E-state index in [2.05, 4.69) is 9.98 Å². The first-order valence-corrected chi connectivity index (χ1v) is 22.3. The Hall–Kier alpha value is -6.79. The van der Waals surface area contributed by atoms with Gasteiger partial charge in [-0.1, -0.05) is 121 Å². The van der Waals surface area contributed by atoms with Crippen molar-refractivity contribution in [2.45, 2.75) is 0 Å². The minimum atomic E-state index is -5.77. The maximum atomic E-state index is 14.0. The highest BCUT2D eigenvalue weighted by Crippen LogP contribution is 2.49. The molecule has 5 heterocycles. The zero-order valence-electron chi connectivity index (χ0n) is 30.7. The second kappa shape index (κ2) is 14.5. The van der Waals surface area contributed by atoms with E-state index in [1.165, 1.54) is 6.08 Å². The lowest BCUT2D eigenvalue weighted by atomic mass is 9.85. The molecule has 0 saturated heterocycles. The molecule has 296 valence electrons. The molecule has 13 nitrogen and oxygen atoms in total. The summed E-state index contributed by atoms with van der Waals surface area (Å²) in [7, 11) is -17.1. The number of nitrogens with zero attached hydrogens (tertiary/aromatic N) is 4. The van der Waals surface area contributed by atoms with Crippen LogP contribution < -0.4 is 0 Å². The zero-order chi connectivity index (χ0) is 42.0. The fourth-order valence-corrected chi connectivity index (χ4v) is 10.4. The molecule has 8 bridgehead atoms. The first kappa shape index (κ1) is 38.7. The van der Waals surface area contributed by atoms with E-state index in [-0.39, 0.29) is 17.0 Å². The molecule has 4 aromatic rings. The fourth-order valence-electron chi connectivity index (χ4n) is 7.50. The molecular formula is C44H28N4O9S3. The van der Waals surface area contributed by atoms with Crippen molar-refractivity contribution >= 4 is 75.5 Å². The zero-order valence-corrected chi connectivity index (χ0v) is 33.2. The number of benzene rings is 4. The Morgan fingerprint density at radius 3 is 1.42 bits per heavy atom. The van der Waals surface area contributed by atoms with Crippen LogP contribution in [0.2, 0.25) is 0 Å². The average molecular weight is 853 g/mol. The maximum absolute atomic E-state index is 14.0. The topological polar surface area (TPSA) is 213 Å². The van der Waals surface area contributed by atoms with Crippen molar-refractivity contribution in [3.63, 3.8) is 0 Å². The molecule has 0 atom stereocenters. The molecule has 16 heteroatoms. The first-order valence-electron chi connectivity index (χ1n) is 18.0. The van der Waals surface area contributed by atoms with Crippen LogP contribution in [-0.2, 0) is 30.4 Å². The predicted octanol–water partition coefficient (Wildman–Crippen LogP) is 7.33. The summed E-state index contributed by atoms with van der Waals surface area (Å²) in [5, 5.41) is 0. The SMILES string of the molecule is O=S(=O)(O)C1=C2N=C(C(c3ccccc3)=C3N=C(C=C4C=CC(=N4)C=C4N=C1C(S(=O)(=O)O)=C4S(=O)(=O)O)C=C3c1ccccc1)C(c1ccccc1)=C2c1ccccc1. The van der Waals surface area contributed by atoms with Crippen molar-refractivity contribution < 1.29 is 38.9 Å². The van der Waals surface area contributed by atoms with Crippen molar-refractivity contribution in [1.29, 1.82) is 0 Å². The predicted molar refractivity (Wildman–Crippen MR) is 231 cm³/mol. The largest absolute Gasteiger partial charge is 0.298 e. The normalized spacial score (nSPS) is 18.0. The highest BCUT2D eigenvalue weighted by molar-refractivity contribution is 7.95. The summed E-state index contributed by atoms with van der Waals surface area (Å²) in [6.07, 6.45) is 7.55. The molecule has 5 aliphatic rings. The van der Waals surface area contributed by atoms with Crippen LogP contribution in [-0.4, -0.2) is 61.8 Å². The van der Waals surface area contributed by atoms with Crippen LogP contribution in [0.4, 0.5) is 0 Å². The standard InChI is InChI=1S/C44H28N4O9S3/c49-58(50,51)42-34-25-31-22-21-30(45-31)23-32-24-33(26-13-5-1-6-14-26)38(46-32)37(29-19-11-4-12-20-29)39-35(27-15-7-2-8-16-27)36(28-17-9-3-10-18-28)40(48-39)43(59(52,53)54)41(47-34)44(42)60(55,56)57/h1-25H,(H,49,50,51)(H,52,53,54)(H,55,56,57). The van der Waals surface area contributed by atoms with Gasteiger partial charge in [0, 0.05) is 22.3 Å². The van der Waals surface area contributed by atoms with E-state index < -0.39 is 62.2 Å². The van der Waals surface area contributed by atoms with Gasteiger partial charge in [0.05, 0.1) is 39.9 Å². The summed E-state index contributed by atoms with van der Waals surface area (Å²) in [6, 6.07) is 35.7.